The zero-order valence-electron chi connectivity index (χ0n) is 33.4. The number of quaternary nitrogens is 1. The summed E-state index contributed by atoms with van der Waals surface area (Å²) in [6.45, 7) is 4.49. The molecule has 0 aliphatic heterocycles. The molecule has 0 aromatic carbocycles. The number of likely N-dealkylation sites (N-methyl/N-ethyl adjacent to an activating group) is 1. The van der Waals surface area contributed by atoms with Gasteiger partial charge in [0.05, 0.1) is 39.9 Å². The van der Waals surface area contributed by atoms with Crippen molar-refractivity contribution in [2.75, 3.05) is 40.9 Å². The number of rotatable bonds is 37. The Morgan fingerprint density at radius 2 is 1.12 bits per heavy atom. The lowest BCUT2D eigenvalue weighted by molar-refractivity contribution is -0.870. The van der Waals surface area contributed by atoms with Gasteiger partial charge in [-0.1, -0.05) is 167 Å². The van der Waals surface area contributed by atoms with Crippen molar-refractivity contribution in [3.63, 3.8) is 0 Å². The zero-order valence-corrected chi connectivity index (χ0v) is 34.2. The first kappa shape index (κ1) is 49.0. The van der Waals surface area contributed by atoms with Crippen LogP contribution < -0.4 is 10.2 Å². The van der Waals surface area contributed by atoms with Crippen molar-refractivity contribution in [1.82, 2.24) is 5.32 Å². The van der Waals surface area contributed by atoms with Gasteiger partial charge in [0.25, 0.3) is 7.82 Å². The molecule has 0 heterocycles. The van der Waals surface area contributed by atoms with E-state index in [0.29, 0.717) is 17.4 Å². The van der Waals surface area contributed by atoms with Crippen LogP contribution in [-0.2, 0) is 18.4 Å². The van der Waals surface area contributed by atoms with Crippen molar-refractivity contribution in [3.05, 3.63) is 24.3 Å². The third kappa shape index (κ3) is 35.4. The number of carbonyl (C=O) groups excluding carboxylic acids is 1. The molecule has 0 aliphatic carbocycles. The van der Waals surface area contributed by atoms with E-state index in [2.05, 4.69) is 31.3 Å². The minimum atomic E-state index is -4.57. The predicted molar refractivity (Wildman–Crippen MR) is 210 cm³/mol. The van der Waals surface area contributed by atoms with Gasteiger partial charge < -0.3 is 28.8 Å². The van der Waals surface area contributed by atoms with E-state index in [1.165, 1.54) is 116 Å². The van der Waals surface area contributed by atoms with Gasteiger partial charge in [-0.2, -0.15) is 0 Å². The Kier molecular flexibility index (Phi) is 33.1. The average Bonchev–Trinajstić information content (AvgIpc) is 3.06. The van der Waals surface area contributed by atoms with Crippen LogP contribution in [0.4, 0.5) is 0 Å². The van der Waals surface area contributed by atoms with Crippen LogP contribution in [-0.4, -0.2) is 68.5 Å². The Morgan fingerprint density at radius 3 is 1.62 bits per heavy atom. The second kappa shape index (κ2) is 33.8. The lowest BCUT2D eigenvalue weighted by Crippen LogP contribution is -2.45. The molecule has 0 radical (unpaired) electrons. The number of carbonyl (C=O) groups is 1. The minimum Gasteiger partial charge on any atom is -0.756 e. The number of hydrogen-bond donors (Lipinski definition) is 2. The van der Waals surface area contributed by atoms with E-state index in [4.69, 9.17) is 9.05 Å². The number of aliphatic hydroxyl groups excluding tert-OH is 1. The predicted octanol–water partition coefficient (Wildman–Crippen LogP) is 10.3. The number of allylic oxidation sites excluding steroid dienone is 3. The van der Waals surface area contributed by atoms with Gasteiger partial charge in [0.2, 0.25) is 5.91 Å². The quantitative estimate of drug-likeness (QED) is 0.0285. The smallest absolute Gasteiger partial charge is 0.268 e. The number of unbranched alkanes of at least 4 members (excludes halogenated alkanes) is 22. The van der Waals surface area contributed by atoms with Crippen LogP contribution >= 0.6 is 7.82 Å². The van der Waals surface area contributed by atoms with Gasteiger partial charge >= 0.3 is 0 Å². The Balaban J connectivity index is 4.13. The van der Waals surface area contributed by atoms with Crippen molar-refractivity contribution in [3.8, 4) is 0 Å². The average molecular weight is 729 g/mol. The Labute approximate surface area is 309 Å². The van der Waals surface area contributed by atoms with Gasteiger partial charge in [-0.3, -0.25) is 9.36 Å². The molecule has 50 heavy (non-hydrogen) atoms. The maximum absolute atomic E-state index is 12.5. The third-order valence-corrected chi connectivity index (χ3v) is 10.1. The largest absolute Gasteiger partial charge is 0.756 e. The van der Waals surface area contributed by atoms with Gasteiger partial charge in [-0.05, 0) is 32.1 Å². The first-order valence-corrected chi connectivity index (χ1v) is 22.2. The topological polar surface area (TPSA) is 108 Å². The lowest BCUT2D eigenvalue weighted by atomic mass is 10.0. The van der Waals surface area contributed by atoms with Crippen molar-refractivity contribution < 1.29 is 32.9 Å². The summed E-state index contributed by atoms with van der Waals surface area (Å²) >= 11 is 0. The highest BCUT2D eigenvalue weighted by atomic mass is 31.2. The molecule has 0 rings (SSSR count). The highest BCUT2D eigenvalue weighted by molar-refractivity contribution is 7.45. The van der Waals surface area contributed by atoms with Gasteiger partial charge in [0.1, 0.15) is 13.2 Å². The molecule has 0 aliphatic rings. The summed E-state index contributed by atoms with van der Waals surface area (Å²) in [5, 5.41) is 13.6. The monoisotopic (exact) mass is 729 g/mol. The summed E-state index contributed by atoms with van der Waals surface area (Å²) in [7, 11) is 1.24. The SMILES string of the molecule is CCCCCCCCCCCCCCCCCCCC/C=C/CC/C=C/C(O)C(COP(=O)([O-])OCC[N+](C)(C)C)NC(=O)CCCCCC. The second-order valence-electron chi connectivity index (χ2n) is 15.3. The van der Waals surface area contributed by atoms with Gasteiger partial charge in [0, 0.05) is 6.42 Å². The van der Waals surface area contributed by atoms with E-state index in [9.17, 15) is 19.4 Å². The fourth-order valence-corrected chi connectivity index (χ4v) is 6.54. The molecule has 0 spiro atoms. The van der Waals surface area contributed by atoms with E-state index in [-0.39, 0.29) is 12.5 Å². The number of amides is 1. The summed E-state index contributed by atoms with van der Waals surface area (Å²) in [5.74, 6) is -0.226. The van der Waals surface area contributed by atoms with Crippen LogP contribution in [0.15, 0.2) is 24.3 Å². The molecular formula is C41H81N2O6P. The fraction of sp³-hybridized carbons (Fsp3) is 0.878. The van der Waals surface area contributed by atoms with Gasteiger partial charge in [-0.15, -0.1) is 0 Å². The number of nitrogens with one attached hydrogen (secondary N) is 1. The molecular weight excluding hydrogens is 647 g/mol. The molecule has 296 valence electrons. The van der Waals surface area contributed by atoms with E-state index in [0.717, 1.165) is 44.9 Å². The van der Waals surface area contributed by atoms with Crippen LogP contribution in [0.2, 0.25) is 0 Å². The number of hydrogen-bond acceptors (Lipinski definition) is 6. The summed E-state index contributed by atoms with van der Waals surface area (Å²) < 4.78 is 22.9. The minimum absolute atomic E-state index is 0.00571. The molecule has 1 amide bonds. The van der Waals surface area contributed by atoms with Crippen LogP contribution in [0.1, 0.15) is 181 Å². The van der Waals surface area contributed by atoms with Gasteiger partial charge in [-0.25, -0.2) is 0 Å². The van der Waals surface area contributed by atoms with E-state index < -0.39 is 26.6 Å². The molecule has 0 fully saturated rings. The number of aliphatic hydroxyl groups is 1. The zero-order chi connectivity index (χ0) is 37.2. The summed E-state index contributed by atoms with van der Waals surface area (Å²) in [6.07, 6.45) is 38.7. The molecule has 0 saturated heterocycles. The maximum Gasteiger partial charge on any atom is 0.268 e. The summed E-state index contributed by atoms with van der Waals surface area (Å²) in [6, 6.07) is -0.894. The molecule has 9 heteroatoms. The molecule has 0 saturated carbocycles. The van der Waals surface area contributed by atoms with E-state index >= 15 is 0 Å². The summed E-state index contributed by atoms with van der Waals surface area (Å²) in [4.78, 5) is 24.8. The summed E-state index contributed by atoms with van der Waals surface area (Å²) in [5.41, 5.74) is 0. The van der Waals surface area contributed by atoms with Crippen LogP contribution in [0, 0.1) is 0 Å². The molecule has 0 bridgehead atoms. The van der Waals surface area contributed by atoms with Crippen molar-refractivity contribution in [2.24, 2.45) is 0 Å². The fourth-order valence-electron chi connectivity index (χ4n) is 5.81. The maximum atomic E-state index is 12.5. The van der Waals surface area contributed by atoms with Crippen LogP contribution in [0.5, 0.6) is 0 Å². The normalized spacial score (nSPS) is 14.8. The molecule has 2 N–H and O–H groups in total. The molecule has 3 unspecified atom stereocenters. The molecule has 8 nitrogen and oxygen atoms in total. The van der Waals surface area contributed by atoms with Crippen molar-refractivity contribution >= 4 is 13.7 Å². The van der Waals surface area contributed by atoms with Crippen molar-refractivity contribution in [1.29, 1.82) is 0 Å². The van der Waals surface area contributed by atoms with Gasteiger partial charge in [0.15, 0.2) is 0 Å². The number of phosphoric ester groups is 1. The third-order valence-electron chi connectivity index (χ3n) is 9.16. The van der Waals surface area contributed by atoms with Crippen molar-refractivity contribution in [2.45, 2.75) is 193 Å². The Morgan fingerprint density at radius 1 is 0.680 bits per heavy atom. The van der Waals surface area contributed by atoms with Crippen LogP contribution in [0.25, 0.3) is 0 Å². The Bertz CT molecular complexity index is 876. The van der Waals surface area contributed by atoms with E-state index in [1.807, 2.05) is 27.2 Å². The Hall–Kier alpha value is -1.02. The first-order chi connectivity index (χ1) is 24.0. The number of phosphoric acid groups is 1. The van der Waals surface area contributed by atoms with Crippen LogP contribution in [0.3, 0.4) is 0 Å². The molecule has 0 aromatic rings. The lowest BCUT2D eigenvalue weighted by Gasteiger charge is -2.29. The molecule has 0 aromatic heterocycles. The second-order valence-corrected chi connectivity index (χ2v) is 16.8. The number of nitrogens with zero attached hydrogens (tertiary/aromatic N) is 1. The first-order valence-electron chi connectivity index (χ1n) is 20.7. The highest BCUT2D eigenvalue weighted by Crippen LogP contribution is 2.38. The van der Waals surface area contributed by atoms with E-state index in [1.54, 1.807) is 6.08 Å². The standard InChI is InChI=1S/C41H81N2O6P/c1-6-8-10-12-13-14-15-16-17-18-19-20-21-22-23-24-25-26-27-28-29-30-31-32-34-40(44)39(42-41(45)35-33-11-9-7-2)38-49-50(46,47)48-37-36-43(3,4)5/h28-29,32,34,39-40,44H,6-27,30-31,33,35-38H2,1-5H3,(H-,42,45,46,47)/b29-28+,34-32+. The molecule has 3 atom stereocenters. The highest BCUT2D eigenvalue weighted by Gasteiger charge is 2.23.